The van der Waals surface area contributed by atoms with E-state index in [1.807, 2.05) is 19.1 Å². The summed E-state index contributed by atoms with van der Waals surface area (Å²) in [5, 5.41) is 10.5. The number of hydrogen-bond donors (Lipinski definition) is 1. The number of fused-ring (bicyclic) bond motifs is 1. The number of hydrogen-bond acceptors (Lipinski definition) is 3. The molecule has 76 valence electrons. The predicted octanol–water partition coefficient (Wildman–Crippen LogP) is 1.99. The van der Waals surface area contributed by atoms with Gasteiger partial charge in [0.1, 0.15) is 17.6 Å². The maximum absolute atomic E-state index is 10.5. The molecule has 1 heterocycles. The van der Waals surface area contributed by atoms with E-state index in [-0.39, 0.29) is 5.75 Å². The van der Waals surface area contributed by atoms with E-state index in [2.05, 4.69) is 4.98 Å². The van der Waals surface area contributed by atoms with Crippen LogP contribution in [0.4, 0.5) is 0 Å². The van der Waals surface area contributed by atoms with E-state index >= 15 is 0 Å². The Balaban J connectivity index is 2.76. The Bertz CT molecular complexity index is 520. The van der Waals surface area contributed by atoms with Gasteiger partial charge < -0.3 is 9.90 Å². The van der Waals surface area contributed by atoms with Gasteiger partial charge in [-0.2, -0.15) is 0 Å². The molecule has 0 saturated carbocycles. The number of carbonyl (C=O) groups is 1. The van der Waals surface area contributed by atoms with E-state index in [4.69, 9.17) is 0 Å². The highest BCUT2D eigenvalue weighted by Crippen LogP contribution is 2.26. The summed E-state index contributed by atoms with van der Waals surface area (Å²) in [4.78, 5) is 14.7. The molecule has 0 saturated heterocycles. The fourth-order valence-electron chi connectivity index (χ4n) is 1.63. The summed E-state index contributed by atoms with van der Waals surface area (Å²) in [6.45, 7) is 1.87. The van der Waals surface area contributed by atoms with Crippen LogP contribution in [0.25, 0.3) is 10.9 Å². The summed E-state index contributed by atoms with van der Waals surface area (Å²) in [5.41, 5.74) is 2.31. The number of pyridine rings is 1. The van der Waals surface area contributed by atoms with Gasteiger partial charge in [0.2, 0.25) is 0 Å². The lowest BCUT2D eigenvalue weighted by Gasteiger charge is -2.05. The van der Waals surface area contributed by atoms with Gasteiger partial charge in [-0.15, -0.1) is 0 Å². The molecule has 0 amide bonds. The third-order valence-electron chi connectivity index (χ3n) is 2.37. The Morgan fingerprint density at radius 1 is 1.33 bits per heavy atom. The second-order valence-corrected chi connectivity index (χ2v) is 3.46. The molecule has 1 aromatic carbocycles. The van der Waals surface area contributed by atoms with Crippen molar-refractivity contribution < 1.29 is 9.90 Å². The fourth-order valence-corrected chi connectivity index (χ4v) is 1.63. The first-order chi connectivity index (χ1) is 7.22. The van der Waals surface area contributed by atoms with Crippen LogP contribution >= 0.6 is 0 Å². The Kier molecular flexibility index (Phi) is 2.37. The van der Waals surface area contributed by atoms with Crippen molar-refractivity contribution in [1.29, 1.82) is 0 Å². The lowest BCUT2D eigenvalue weighted by Crippen LogP contribution is -1.91. The van der Waals surface area contributed by atoms with Gasteiger partial charge in [-0.1, -0.05) is 12.1 Å². The van der Waals surface area contributed by atoms with Crippen LogP contribution in [0.5, 0.6) is 5.75 Å². The topological polar surface area (TPSA) is 50.2 Å². The number of carbonyl (C=O) groups excluding carboxylic acids is 1. The number of phenols is 1. The molecular weight excluding hydrogens is 190 g/mol. The fraction of sp³-hybridized carbons (Fsp3) is 0.167. The second-order valence-electron chi connectivity index (χ2n) is 3.46. The standard InChI is InChI=1S/C12H11NO2/c1-8-2-4-10-9(6-7-14)3-5-11(15)12(10)13-8/h2-5,7,15H,6H2,1H3. The van der Waals surface area contributed by atoms with Gasteiger partial charge in [0.25, 0.3) is 0 Å². The third-order valence-corrected chi connectivity index (χ3v) is 2.37. The van der Waals surface area contributed by atoms with Gasteiger partial charge >= 0.3 is 0 Å². The number of aromatic nitrogens is 1. The van der Waals surface area contributed by atoms with E-state index < -0.39 is 0 Å². The maximum atomic E-state index is 10.5. The molecule has 0 unspecified atom stereocenters. The molecular formula is C12H11NO2. The van der Waals surface area contributed by atoms with Crippen LogP contribution in [0.15, 0.2) is 24.3 Å². The Hall–Kier alpha value is -1.90. The van der Waals surface area contributed by atoms with Crippen LogP contribution in [0.1, 0.15) is 11.3 Å². The first-order valence-corrected chi connectivity index (χ1v) is 4.74. The van der Waals surface area contributed by atoms with Crippen molar-refractivity contribution in [1.82, 2.24) is 4.98 Å². The van der Waals surface area contributed by atoms with E-state index in [9.17, 15) is 9.90 Å². The normalized spacial score (nSPS) is 10.5. The maximum Gasteiger partial charge on any atom is 0.141 e. The first-order valence-electron chi connectivity index (χ1n) is 4.74. The Morgan fingerprint density at radius 3 is 2.87 bits per heavy atom. The molecule has 3 heteroatoms. The zero-order valence-electron chi connectivity index (χ0n) is 8.40. The number of phenolic OH excluding ortho intramolecular Hbond substituents is 1. The summed E-state index contributed by atoms with van der Waals surface area (Å²) >= 11 is 0. The highest BCUT2D eigenvalue weighted by atomic mass is 16.3. The molecule has 0 fully saturated rings. The molecule has 0 spiro atoms. The second kappa shape index (κ2) is 3.69. The molecule has 15 heavy (non-hydrogen) atoms. The van der Waals surface area contributed by atoms with Gasteiger partial charge in [-0.25, -0.2) is 4.98 Å². The number of aromatic hydroxyl groups is 1. The number of nitrogens with zero attached hydrogens (tertiary/aromatic N) is 1. The van der Waals surface area contributed by atoms with Crippen molar-refractivity contribution >= 4 is 17.2 Å². The van der Waals surface area contributed by atoms with Crippen molar-refractivity contribution in [2.45, 2.75) is 13.3 Å². The summed E-state index contributed by atoms with van der Waals surface area (Å²) in [6, 6.07) is 7.09. The summed E-state index contributed by atoms with van der Waals surface area (Å²) in [7, 11) is 0. The third kappa shape index (κ3) is 1.68. The van der Waals surface area contributed by atoms with Crippen molar-refractivity contribution in [3.05, 3.63) is 35.5 Å². The Morgan fingerprint density at radius 2 is 2.13 bits per heavy atom. The van der Waals surface area contributed by atoms with Gasteiger partial charge in [0.15, 0.2) is 0 Å². The molecule has 3 nitrogen and oxygen atoms in total. The average Bonchev–Trinajstić information content (AvgIpc) is 2.23. The minimum atomic E-state index is 0.156. The van der Waals surface area contributed by atoms with Crippen molar-refractivity contribution in [3.8, 4) is 5.75 Å². The largest absolute Gasteiger partial charge is 0.506 e. The van der Waals surface area contributed by atoms with E-state index in [1.54, 1.807) is 12.1 Å². The van der Waals surface area contributed by atoms with E-state index in [1.165, 1.54) is 0 Å². The monoisotopic (exact) mass is 201 g/mol. The number of benzene rings is 1. The number of rotatable bonds is 2. The quantitative estimate of drug-likeness (QED) is 0.756. The van der Waals surface area contributed by atoms with Gasteiger partial charge in [-0.3, -0.25) is 0 Å². The number of aryl methyl sites for hydroxylation is 1. The first kappa shape index (κ1) is 9.65. The zero-order chi connectivity index (χ0) is 10.8. The Labute approximate surface area is 87.4 Å². The molecule has 0 aliphatic rings. The van der Waals surface area contributed by atoms with Crippen LogP contribution in [-0.4, -0.2) is 16.4 Å². The van der Waals surface area contributed by atoms with Crippen LogP contribution in [-0.2, 0) is 11.2 Å². The van der Waals surface area contributed by atoms with Crippen LogP contribution in [0, 0.1) is 6.92 Å². The number of aldehydes is 1. The van der Waals surface area contributed by atoms with Crippen LogP contribution in [0.3, 0.4) is 0 Å². The molecule has 1 aromatic heterocycles. The molecule has 0 bridgehead atoms. The van der Waals surface area contributed by atoms with Crippen molar-refractivity contribution in [3.63, 3.8) is 0 Å². The van der Waals surface area contributed by atoms with E-state index in [0.29, 0.717) is 11.9 Å². The molecule has 2 rings (SSSR count). The lowest BCUT2D eigenvalue weighted by atomic mass is 10.1. The van der Waals surface area contributed by atoms with E-state index in [0.717, 1.165) is 22.9 Å². The molecule has 0 atom stereocenters. The SMILES string of the molecule is Cc1ccc2c(CC=O)ccc(O)c2n1. The predicted molar refractivity (Wildman–Crippen MR) is 57.9 cm³/mol. The summed E-state index contributed by atoms with van der Waals surface area (Å²) in [6.07, 6.45) is 1.20. The summed E-state index contributed by atoms with van der Waals surface area (Å²) < 4.78 is 0. The highest BCUT2D eigenvalue weighted by Gasteiger charge is 2.06. The minimum absolute atomic E-state index is 0.156. The van der Waals surface area contributed by atoms with Crippen LogP contribution in [0.2, 0.25) is 0 Å². The molecule has 0 radical (unpaired) electrons. The minimum Gasteiger partial charge on any atom is -0.506 e. The van der Waals surface area contributed by atoms with Gasteiger partial charge in [0.05, 0.1) is 0 Å². The average molecular weight is 201 g/mol. The molecule has 0 aliphatic carbocycles. The van der Waals surface area contributed by atoms with Gasteiger partial charge in [-0.05, 0) is 24.6 Å². The zero-order valence-corrected chi connectivity index (χ0v) is 8.40. The van der Waals surface area contributed by atoms with Crippen LogP contribution < -0.4 is 0 Å². The van der Waals surface area contributed by atoms with Crippen molar-refractivity contribution in [2.75, 3.05) is 0 Å². The molecule has 0 aliphatic heterocycles. The molecule has 2 aromatic rings. The molecule has 1 N–H and O–H groups in total. The van der Waals surface area contributed by atoms with Gasteiger partial charge in [0, 0.05) is 17.5 Å². The van der Waals surface area contributed by atoms with Crippen molar-refractivity contribution in [2.24, 2.45) is 0 Å². The highest BCUT2D eigenvalue weighted by molar-refractivity contribution is 5.88. The lowest BCUT2D eigenvalue weighted by molar-refractivity contribution is -0.107. The summed E-state index contributed by atoms with van der Waals surface area (Å²) in [5.74, 6) is 0.156. The smallest absolute Gasteiger partial charge is 0.141 e.